The van der Waals surface area contributed by atoms with Crippen molar-refractivity contribution in [3.8, 4) is 0 Å². The number of rotatable bonds is 6. The summed E-state index contributed by atoms with van der Waals surface area (Å²) in [6.45, 7) is 0.976. The number of sulfonamides is 1. The molecule has 19 heavy (non-hydrogen) atoms. The van der Waals surface area contributed by atoms with Gasteiger partial charge in [-0.1, -0.05) is 24.3 Å². The zero-order valence-electron chi connectivity index (χ0n) is 10.8. The first-order valence-electron chi connectivity index (χ1n) is 6.46. The number of hydrogen-bond donors (Lipinski definition) is 2. The average molecular weight is 300 g/mol. The molecule has 2 rings (SSSR count). The van der Waals surface area contributed by atoms with Crippen LogP contribution in [-0.2, 0) is 22.3 Å². The first-order valence-corrected chi connectivity index (χ1v) is 9.16. The van der Waals surface area contributed by atoms with E-state index in [-0.39, 0.29) is 5.75 Å². The van der Waals surface area contributed by atoms with Crippen LogP contribution in [0.1, 0.15) is 24.0 Å². The highest BCUT2D eigenvalue weighted by Crippen LogP contribution is 2.25. The van der Waals surface area contributed by atoms with E-state index in [1.54, 1.807) is 0 Å². The van der Waals surface area contributed by atoms with E-state index in [4.69, 9.17) is 5.73 Å². The van der Waals surface area contributed by atoms with Crippen molar-refractivity contribution >= 4 is 21.8 Å². The highest BCUT2D eigenvalue weighted by atomic mass is 32.2. The van der Waals surface area contributed by atoms with Gasteiger partial charge in [-0.25, -0.2) is 13.1 Å². The first kappa shape index (κ1) is 14.8. The summed E-state index contributed by atoms with van der Waals surface area (Å²) in [5.41, 5.74) is 7.30. The van der Waals surface area contributed by atoms with Gasteiger partial charge in [-0.2, -0.15) is 11.8 Å². The summed E-state index contributed by atoms with van der Waals surface area (Å²) in [6.07, 6.45) is 2.30. The van der Waals surface area contributed by atoms with Gasteiger partial charge in [0.15, 0.2) is 0 Å². The van der Waals surface area contributed by atoms with Crippen LogP contribution < -0.4 is 10.5 Å². The molecule has 1 aliphatic rings. The molecule has 1 atom stereocenters. The lowest BCUT2D eigenvalue weighted by molar-refractivity contribution is 0.578. The molecule has 1 aromatic rings. The van der Waals surface area contributed by atoms with Gasteiger partial charge >= 0.3 is 0 Å². The predicted molar refractivity (Wildman–Crippen MR) is 80.4 cm³/mol. The summed E-state index contributed by atoms with van der Waals surface area (Å²) in [7, 11) is -3.25. The molecule has 0 aliphatic carbocycles. The fourth-order valence-corrected chi connectivity index (χ4v) is 4.62. The summed E-state index contributed by atoms with van der Waals surface area (Å²) in [4.78, 5) is 0. The molecule has 0 bridgehead atoms. The Kier molecular flexibility index (Phi) is 5.27. The number of nitrogens with two attached hydrogens (primary N) is 1. The van der Waals surface area contributed by atoms with E-state index in [0.29, 0.717) is 18.3 Å². The Balaban J connectivity index is 1.91. The number of thioether (sulfide) groups is 1. The maximum atomic E-state index is 12.0. The molecule has 1 aliphatic heterocycles. The molecule has 0 aromatic heterocycles. The molecule has 3 N–H and O–H groups in total. The van der Waals surface area contributed by atoms with Crippen LogP contribution in [0.5, 0.6) is 0 Å². The van der Waals surface area contributed by atoms with Crippen LogP contribution in [0.25, 0.3) is 0 Å². The molecular formula is C13H20N2O2S2. The Hall–Kier alpha value is -0.560. The van der Waals surface area contributed by atoms with Gasteiger partial charge in [0.2, 0.25) is 10.0 Å². The minimum Gasteiger partial charge on any atom is -0.326 e. The molecule has 0 spiro atoms. The molecule has 1 heterocycles. The zero-order chi connectivity index (χ0) is 13.7. The Bertz CT molecular complexity index is 511. The lowest BCUT2D eigenvalue weighted by Gasteiger charge is -2.11. The van der Waals surface area contributed by atoms with Crippen LogP contribution in [0.3, 0.4) is 0 Å². The molecule has 1 unspecified atom stereocenters. The van der Waals surface area contributed by atoms with E-state index in [1.807, 2.05) is 36.0 Å². The van der Waals surface area contributed by atoms with Gasteiger partial charge in [0.05, 0.1) is 5.75 Å². The summed E-state index contributed by atoms with van der Waals surface area (Å²) < 4.78 is 26.7. The van der Waals surface area contributed by atoms with Gasteiger partial charge in [0, 0.05) is 18.3 Å². The standard InChI is InChI=1S/C13H20N2O2S2/c14-8-11-3-1-4-12(7-11)10-19(16,17)15-9-13-5-2-6-18-13/h1,3-4,7,13,15H,2,5-6,8-10,14H2. The first-order chi connectivity index (χ1) is 9.09. The van der Waals surface area contributed by atoms with E-state index >= 15 is 0 Å². The largest absolute Gasteiger partial charge is 0.326 e. The van der Waals surface area contributed by atoms with Crippen LogP contribution in [0.15, 0.2) is 24.3 Å². The van der Waals surface area contributed by atoms with E-state index < -0.39 is 10.0 Å². The van der Waals surface area contributed by atoms with Gasteiger partial charge in [-0.15, -0.1) is 0 Å². The van der Waals surface area contributed by atoms with Crippen molar-refractivity contribution in [3.63, 3.8) is 0 Å². The SMILES string of the molecule is NCc1cccc(CS(=O)(=O)NCC2CCCS2)c1. The molecule has 1 fully saturated rings. The highest BCUT2D eigenvalue weighted by Gasteiger charge is 2.19. The monoisotopic (exact) mass is 300 g/mol. The quantitative estimate of drug-likeness (QED) is 0.834. The Morgan fingerprint density at radius 1 is 1.37 bits per heavy atom. The highest BCUT2D eigenvalue weighted by molar-refractivity contribution is 8.00. The fraction of sp³-hybridized carbons (Fsp3) is 0.538. The van der Waals surface area contributed by atoms with Crippen LogP contribution in [0.4, 0.5) is 0 Å². The second-order valence-electron chi connectivity index (χ2n) is 4.77. The minimum absolute atomic E-state index is 0.0260. The Labute approximate surface area is 119 Å². The lowest BCUT2D eigenvalue weighted by atomic mass is 10.1. The van der Waals surface area contributed by atoms with E-state index in [0.717, 1.165) is 23.3 Å². The third-order valence-corrected chi connectivity index (χ3v) is 5.86. The maximum Gasteiger partial charge on any atom is 0.215 e. The minimum atomic E-state index is -3.25. The lowest BCUT2D eigenvalue weighted by Crippen LogP contribution is -2.30. The van der Waals surface area contributed by atoms with Crippen LogP contribution in [-0.4, -0.2) is 26.0 Å². The molecule has 0 amide bonds. The van der Waals surface area contributed by atoms with Gasteiger partial charge in [-0.3, -0.25) is 0 Å². The fourth-order valence-electron chi connectivity index (χ4n) is 2.14. The summed E-state index contributed by atoms with van der Waals surface area (Å²) in [5, 5.41) is 0.435. The van der Waals surface area contributed by atoms with Crippen molar-refractivity contribution in [1.29, 1.82) is 0 Å². The average Bonchev–Trinajstić information content (AvgIpc) is 2.89. The zero-order valence-corrected chi connectivity index (χ0v) is 12.5. The maximum absolute atomic E-state index is 12.0. The van der Waals surface area contributed by atoms with Gasteiger partial charge in [0.1, 0.15) is 0 Å². The van der Waals surface area contributed by atoms with Crippen molar-refractivity contribution in [2.45, 2.75) is 30.4 Å². The number of hydrogen-bond acceptors (Lipinski definition) is 4. The molecule has 1 aromatic carbocycles. The van der Waals surface area contributed by atoms with Crippen molar-refractivity contribution in [1.82, 2.24) is 4.72 Å². The van der Waals surface area contributed by atoms with Gasteiger partial charge < -0.3 is 5.73 Å². The molecule has 1 saturated heterocycles. The van der Waals surface area contributed by atoms with Crippen molar-refractivity contribution in [3.05, 3.63) is 35.4 Å². The third-order valence-electron chi connectivity index (χ3n) is 3.14. The van der Waals surface area contributed by atoms with Crippen LogP contribution in [0.2, 0.25) is 0 Å². The molecular weight excluding hydrogens is 280 g/mol. The normalized spacial score (nSPS) is 19.7. The summed E-state index contributed by atoms with van der Waals surface area (Å²) in [5.74, 6) is 1.17. The molecule has 6 heteroatoms. The number of nitrogens with one attached hydrogen (secondary N) is 1. The Morgan fingerprint density at radius 2 is 2.16 bits per heavy atom. The van der Waals surface area contributed by atoms with Crippen molar-refractivity contribution in [2.75, 3.05) is 12.3 Å². The molecule has 4 nitrogen and oxygen atoms in total. The molecule has 106 valence electrons. The van der Waals surface area contributed by atoms with Crippen molar-refractivity contribution in [2.24, 2.45) is 5.73 Å². The van der Waals surface area contributed by atoms with E-state index in [9.17, 15) is 8.42 Å². The second-order valence-corrected chi connectivity index (χ2v) is 7.98. The molecule has 0 radical (unpaired) electrons. The second kappa shape index (κ2) is 6.74. The Morgan fingerprint density at radius 3 is 2.84 bits per heavy atom. The van der Waals surface area contributed by atoms with Crippen LogP contribution >= 0.6 is 11.8 Å². The predicted octanol–water partition coefficient (Wildman–Crippen LogP) is 1.46. The topological polar surface area (TPSA) is 72.2 Å². The molecule has 0 saturated carbocycles. The smallest absolute Gasteiger partial charge is 0.215 e. The number of benzene rings is 1. The summed E-state index contributed by atoms with van der Waals surface area (Å²) >= 11 is 1.85. The van der Waals surface area contributed by atoms with Crippen LogP contribution in [0, 0.1) is 0 Å². The van der Waals surface area contributed by atoms with Crippen molar-refractivity contribution < 1.29 is 8.42 Å². The third kappa shape index (κ3) is 4.80. The van der Waals surface area contributed by atoms with E-state index in [2.05, 4.69) is 4.72 Å². The van der Waals surface area contributed by atoms with E-state index in [1.165, 1.54) is 6.42 Å². The summed E-state index contributed by atoms with van der Waals surface area (Å²) in [6, 6.07) is 7.42. The van der Waals surface area contributed by atoms with Gasteiger partial charge in [0.25, 0.3) is 0 Å². The van der Waals surface area contributed by atoms with Gasteiger partial charge in [-0.05, 0) is 29.7 Å².